The first-order valence-electron chi connectivity index (χ1n) is 13.1. The van der Waals surface area contributed by atoms with Gasteiger partial charge in [0.05, 0.1) is 17.5 Å². The molecule has 3 heterocycles. The number of hydrogen-bond acceptors (Lipinski definition) is 5. The van der Waals surface area contributed by atoms with Crippen LogP contribution in [0.3, 0.4) is 0 Å². The topological polar surface area (TPSA) is 92.8 Å². The predicted octanol–water partition coefficient (Wildman–Crippen LogP) is 5.18. The number of hydrogen-bond donors (Lipinski definition) is 2. The van der Waals surface area contributed by atoms with E-state index < -0.39 is 5.91 Å². The number of imidazole rings is 1. The van der Waals surface area contributed by atoms with E-state index in [2.05, 4.69) is 49.8 Å². The summed E-state index contributed by atoms with van der Waals surface area (Å²) in [5, 5.41) is 6.99. The second-order valence-corrected chi connectivity index (χ2v) is 10.7. The van der Waals surface area contributed by atoms with Crippen LogP contribution in [0.1, 0.15) is 41.7 Å². The van der Waals surface area contributed by atoms with Crippen molar-refractivity contribution in [3.8, 4) is 28.2 Å². The van der Waals surface area contributed by atoms with Crippen molar-refractivity contribution in [3.05, 3.63) is 78.4 Å². The van der Waals surface area contributed by atoms with Gasteiger partial charge < -0.3 is 10.6 Å². The number of nitrogens with one attached hydrogen (secondary N) is 1. The van der Waals surface area contributed by atoms with Gasteiger partial charge in [0, 0.05) is 53.8 Å². The van der Waals surface area contributed by atoms with E-state index in [1.807, 2.05) is 36.5 Å². The number of aromatic amines is 1. The van der Waals surface area contributed by atoms with Gasteiger partial charge in [0.2, 0.25) is 5.91 Å². The fourth-order valence-electron chi connectivity index (χ4n) is 4.97. The lowest BCUT2D eigenvalue weighted by atomic mass is 9.96. The van der Waals surface area contributed by atoms with Crippen LogP contribution in [0.15, 0.2) is 67.1 Å². The van der Waals surface area contributed by atoms with Gasteiger partial charge in [0.15, 0.2) is 0 Å². The standard InChI is InChI=1S/C29H34N6OS/c30-28(36)26-13-8-12-25(22-19-31-32-20-22)27(26)29-33-23(21-35(29)24-10-5-3-6-11-24)9-4-1-2-7-14-34-15-17-37-18-16-34/h3,5-6,8,10-13,19-21H,1-2,4,7,9,14-18H2,(H2,30,36)(H,31,32). The van der Waals surface area contributed by atoms with Crippen LogP contribution in [0, 0.1) is 0 Å². The molecule has 7 nitrogen and oxygen atoms in total. The van der Waals surface area contributed by atoms with E-state index >= 15 is 0 Å². The number of benzene rings is 2. The molecule has 2 aromatic heterocycles. The van der Waals surface area contributed by atoms with E-state index in [0.717, 1.165) is 46.7 Å². The van der Waals surface area contributed by atoms with E-state index in [1.54, 1.807) is 12.3 Å². The van der Waals surface area contributed by atoms with E-state index in [-0.39, 0.29) is 0 Å². The lowest BCUT2D eigenvalue weighted by molar-refractivity contribution is 0.100. The number of aryl methyl sites for hydroxylation is 1. The zero-order valence-electron chi connectivity index (χ0n) is 21.1. The Kier molecular flexibility index (Phi) is 8.38. The Balaban J connectivity index is 1.39. The van der Waals surface area contributed by atoms with Crippen molar-refractivity contribution in [2.75, 3.05) is 31.1 Å². The minimum Gasteiger partial charge on any atom is -0.366 e. The number of aromatic nitrogens is 4. The third-order valence-electron chi connectivity index (χ3n) is 6.91. The molecule has 0 spiro atoms. The number of carbonyl (C=O) groups is 1. The second-order valence-electron chi connectivity index (χ2n) is 9.46. The van der Waals surface area contributed by atoms with Crippen molar-refractivity contribution in [1.29, 1.82) is 0 Å². The predicted molar refractivity (Wildman–Crippen MR) is 151 cm³/mol. The summed E-state index contributed by atoms with van der Waals surface area (Å²) < 4.78 is 2.08. The number of para-hydroxylation sites is 1. The summed E-state index contributed by atoms with van der Waals surface area (Å²) in [7, 11) is 0. The quantitative estimate of drug-likeness (QED) is 0.269. The van der Waals surface area contributed by atoms with Crippen LogP contribution in [-0.4, -0.2) is 61.7 Å². The molecule has 192 valence electrons. The zero-order chi connectivity index (χ0) is 25.5. The van der Waals surface area contributed by atoms with Crippen LogP contribution in [0.4, 0.5) is 0 Å². The number of carbonyl (C=O) groups excluding carboxylic acids is 1. The maximum absolute atomic E-state index is 12.5. The molecule has 8 heteroatoms. The minimum atomic E-state index is -0.475. The summed E-state index contributed by atoms with van der Waals surface area (Å²) in [6, 6.07) is 15.7. The largest absolute Gasteiger partial charge is 0.366 e. The highest BCUT2D eigenvalue weighted by Crippen LogP contribution is 2.35. The molecule has 1 fully saturated rings. The third-order valence-corrected chi connectivity index (χ3v) is 7.86. The van der Waals surface area contributed by atoms with E-state index in [1.165, 1.54) is 50.4 Å². The molecule has 1 aliphatic rings. The van der Waals surface area contributed by atoms with Crippen LogP contribution >= 0.6 is 11.8 Å². The van der Waals surface area contributed by atoms with E-state index in [0.29, 0.717) is 5.56 Å². The summed E-state index contributed by atoms with van der Waals surface area (Å²) in [4.78, 5) is 20.2. The molecule has 0 atom stereocenters. The first-order valence-corrected chi connectivity index (χ1v) is 14.2. The molecule has 2 aromatic carbocycles. The molecule has 4 aromatic rings. The maximum Gasteiger partial charge on any atom is 0.249 e. The van der Waals surface area contributed by atoms with Gasteiger partial charge in [-0.2, -0.15) is 16.9 Å². The fourth-order valence-corrected chi connectivity index (χ4v) is 5.95. The zero-order valence-corrected chi connectivity index (χ0v) is 21.9. The highest BCUT2D eigenvalue weighted by Gasteiger charge is 2.22. The molecule has 0 bridgehead atoms. The van der Waals surface area contributed by atoms with Crippen LogP contribution in [-0.2, 0) is 6.42 Å². The van der Waals surface area contributed by atoms with Crippen LogP contribution in [0.2, 0.25) is 0 Å². The van der Waals surface area contributed by atoms with Gasteiger partial charge in [-0.25, -0.2) is 4.98 Å². The monoisotopic (exact) mass is 514 g/mol. The molecule has 1 amide bonds. The number of H-pyrrole nitrogens is 1. The average Bonchev–Trinajstić information content (AvgIpc) is 3.62. The summed E-state index contributed by atoms with van der Waals surface area (Å²) in [6.07, 6.45) is 11.4. The van der Waals surface area contributed by atoms with Gasteiger partial charge in [0.25, 0.3) is 0 Å². The van der Waals surface area contributed by atoms with Crippen LogP contribution < -0.4 is 5.73 Å². The van der Waals surface area contributed by atoms with Crippen molar-refractivity contribution in [3.63, 3.8) is 0 Å². The molecule has 5 rings (SSSR count). The van der Waals surface area contributed by atoms with Gasteiger partial charge in [-0.1, -0.05) is 43.2 Å². The van der Waals surface area contributed by atoms with Gasteiger partial charge in [-0.3, -0.25) is 14.5 Å². The number of primary amides is 1. The smallest absolute Gasteiger partial charge is 0.249 e. The molecule has 0 radical (unpaired) electrons. The number of thioether (sulfide) groups is 1. The lowest BCUT2D eigenvalue weighted by Gasteiger charge is -2.25. The molecule has 1 saturated heterocycles. The Morgan fingerprint density at radius 3 is 2.57 bits per heavy atom. The highest BCUT2D eigenvalue weighted by atomic mass is 32.2. The molecule has 0 saturated carbocycles. The van der Waals surface area contributed by atoms with Crippen molar-refractivity contribution in [2.45, 2.75) is 32.1 Å². The summed E-state index contributed by atoms with van der Waals surface area (Å²) >= 11 is 2.06. The summed E-state index contributed by atoms with van der Waals surface area (Å²) in [5.41, 5.74) is 10.8. The number of rotatable bonds is 11. The Hall–Kier alpha value is -3.36. The highest BCUT2D eigenvalue weighted by molar-refractivity contribution is 7.99. The fraction of sp³-hybridized carbons (Fsp3) is 0.345. The Morgan fingerprint density at radius 1 is 1.00 bits per heavy atom. The van der Waals surface area contributed by atoms with E-state index in [4.69, 9.17) is 10.7 Å². The van der Waals surface area contributed by atoms with Gasteiger partial charge in [-0.05, 0) is 49.6 Å². The van der Waals surface area contributed by atoms with E-state index in [9.17, 15) is 4.79 Å². The summed E-state index contributed by atoms with van der Waals surface area (Å²) in [6.45, 7) is 3.68. The van der Waals surface area contributed by atoms with Crippen molar-refractivity contribution in [2.24, 2.45) is 5.73 Å². The molecule has 0 unspecified atom stereocenters. The van der Waals surface area contributed by atoms with Gasteiger partial charge in [-0.15, -0.1) is 0 Å². The minimum absolute atomic E-state index is 0.448. The van der Waals surface area contributed by atoms with Crippen molar-refractivity contribution < 1.29 is 4.79 Å². The number of amides is 1. The Bertz CT molecular complexity index is 1300. The maximum atomic E-state index is 12.5. The van der Waals surface area contributed by atoms with Crippen molar-refractivity contribution >= 4 is 17.7 Å². The van der Waals surface area contributed by atoms with Crippen molar-refractivity contribution in [1.82, 2.24) is 24.6 Å². The SMILES string of the molecule is NC(=O)c1cccc(-c2cn[nH]c2)c1-c1nc(CCCCCCN2CCSCC2)cn1-c1ccccc1. The molecular formula is C29H34N6OS. The molecule has 37 heavy (non-hydrogen) atoms. The molecule has 1 aliphatic heterocycles. The Labute approximate surface area is 222 Å². The van der Waals surface area contributed by atoms with Gasteiger partial charge in [0.1, 0.15) is 5.82 Å². The molecule has 0 aliphatic carbocycles. The number of unbranched alkanes of at least 4 members (excludes halogenated alkanes) is 3. The lowest BCUT2D eigenvalue weighted by Crippen LogP contribution is -2.33. The normalized spacial score (nSPS) is 14.2. The first-order chi connectivity index (χ1) is 18.2. The second kappa shape index (κ2) is 12.3. The summed E-state index contributed by atoms with van der Waals surface area (Å²) in [5.74, 6) is 2.79. The van der Waals surface area contributed by atoms with Crippen LogP contribution in [0.25, 0.3) is 28.2 Å². The Morgan fingerprint density at radius 2 is 1.81 bits per heavy atom. The van der Waals surface area contributed by atoms with Crippen LogP contribution in [0.5, 0.6) is 0 Å². The van der Waals surface area contributed by atoms with Gasteiger partial charge >= 0.3 is 0 Å². The molecule has 3 N–H and O–H groups in total. The number of nitrogens with two attached hydrogens (primary N) is 1. The third kappa shape index (κ3) is 6.14. The number of nitrogens with zero attached hydrogens (tertiary/aromatic N) is 4. The first kappa shape index (κ1) is 25.3. The molecular weight excluding hydrogens is 480 g/mol. The average molecular weight is 515 g/mol.